The van der Waals surface area contributed by atoms with Crippen LogP contribution in [0.4, 0.5) is 0 Å². The zero-order chi connectivity index (χ0) is 37.8. The SMILES string of the molecule is CC(C)[C@@H](C)/C=C/[C@@H](C)[C@H]1C(=O)C[C@H]2[C@@H]3[C@H]4OC(C)(C)O[C@@H]4[C@H]4C[C@@H](O[Si](C)(C)C(C)(C)C)CC[C@]4(C)[C@H]3[C@@H](O[Si](C)(C)C(C)(C)C)C[C@]12C. The van der Waals surface area contributed by atoms with Crippen molar-refractivity contribution in [1.29, 1.82) is 0 Å². The van der Waals surface area contributed by atoms with E-state index in [4.69, 9.17) is 18.3 Å². The van der Waals surface area contributed by atoms with Crippen LogP contribution in [0, 0.1) is 58.2 Å². The molecule has 13 atom stereocenters. The van der Waals surface area contributed by atoms with E-state index in [1.165, 1.54) is 0 Å². The third-order valence-electron chi connectivity index (χ3n) is 16.1. The van der Waals surface area contributed by atoms with Gasteiger partial charge in [-0.2, -0.15) is 0 Å². The Bertz CT molecular complexity index is 1290. The predicted octanol–water partition coefficient (Wildman–Crippen LogP) is 11.4. The molecule has 0 aromatic carbocycles. The van der Waals surface area contributed by atoms with Crippen LogP contribution in [-0.4, -0.2) is 52.6 Å². The average molecular weight is 731 g/mol. The van der Waals surface area contributed by atoms with Gasteiger partial charge in [-0.15, -0.1) is 0 Å². The Kier molecular flexibility index (Phi) is 10.8. The number of ether oxygens (including phenoxy) is 2. The van der Waals surface area contributed by atoms with E-state index >= 15 is 0 Å². The topological polar surface area (TPSA) is 54.0 Å². The van der Waals surface area contributed by atoms with Crippen LogP contribution in [-0.2, 0) is 23.1 Å². The molecule has 0 aromatic heterocycles. The van der Waals surface area contributed by atoms with E-state index in [0.717, 1.165) is 25.7 Å². The minimum atomic E-state index is -2.16. The van der Waals surface area contributed by atoms with Crippen molar-refractivity contribution in [1.82, 2.24) is 0 Å². The van der Waals surface area contributed by atoms with E-state index in [0.29, 0.717) is 35.9 Å². The van der Waals surface area contributed by atoms with Gasteiger partial charge >= 0.3 is 0 Å². The van der Waals surface area contributed by atoms with Crippen molar-refractivity contribution in [2.75, 3.05) is 0 Å². The lowest BCUT2D eigenvalue weighted by Gasteiger charge is -2.66. The maximum atomic E-state index is 14.5. The summed E-state index contributed by atoms with van der Waals surface area (Å²) in [5.41, 5.74) is -0.154. The molecule has 0 unspecified atom stereocenters. The molecule has 1 aliphatic heterocycles. The minimum Gasteiger partial charge on any atom is -0.414 e. The maximum absolute atomic E-state index is 14.5. The summed E-state index contributed by atoms with van der Waals surface area (Å²) in [5.74, 6) is 2.14. The van der Waals surface area contributed by atoms with Crippen LogP contribution < -0.4 is 0 Å². The van der Waals surface area contributed by atoms with E-state index in [-0.39, 0.29) is 69.0 Å². The van der Waals surface area contributed by atoms with Crippen molar-refractivity contribution in [3.05, 3.63) is 12.2 Å². The van der Waals surface area contributed by atoms with Crippen molar-refractivity contribution in [3.63, 3.8) is 0 Å². The van der Waals surface area contributed by atoms with E-state index < -0.39 is 22.4 Å². The molecule has 0 aromatic rings. The van der Waals surface area contributed by atoms with Gasteiger partial charge in [-0.05, 0) is 128 Å². The number of hydrogen-bond acceptors (Lipinski definition) is 5. The first-order chi connectivity index (χ1) is 22.6. The standard InChI is InChI=1S/C43H78O5Si2/c1-26(2)27(3)19-20-28(4)35-32(44)24-30-34-36(33(25-43(30,35)14)48-50(17,18)40(8,9)10)42(13)22-21-29(47-49(15,16)39(5,6)7)23-31(42)37-38(34)46-41(11,12)45-37/h19-20,26-31,33-38H,21-25H2,1-18H3/b20-19+/t27-,28+,29-,30-,31+,33-,34-,35-,36-,37+,38+,42-,43-/m0/s1. The van der Waals surface area contributed by atoms with Gasteiger partial charge in [0.1, 0.15) is 5.78 Å². The van der Waals surface area contributed by atoms with Gasteiger partial charge in [-0.25, -0.2) is 0 Å². The lowest BCUT2D eigenvalue weighted by molar-refractivity contribution is -0.221. The summed E-state index contributed by atoms with van der Waals surface area (Å²) in [6.07, 6.45) is 9.82. The largest absolute Gasteiger partial charge is 0.414 e. The summed E-state index contributed by atoms with van der Waals surface area (Å²) in [4.78, 5) is 14.5. The van der Waals surface area contributed by atoms with Gasteiger partial charge in [-0.1, -0.05) is 95.2 Å². The highest BCUT2D eigenvalue weighted by atomic mass is 28.4. The van der Waals surface area contributed by atoms with Gasteiger partial charge in [0, 0.05) is 24.5 Å². The highest BCUT2D eigenvalue weighted by molar-refractivity contribution is 6.74. The van der Waals surface area contributed by atoms with Crippen molar-refractivity contribution < 1.29 is 23.1 Å². The summed E-state index contributed by atoms with van der Waals surface area (Å²) >= 11 is 0. The molecule has 4 saturated carbocycles. The van der Waals surface area contributed by atoms with E-state index in [2.05, 4.69) is 135 Å². The zero-order valence-electron chi connectivity index (χ0n) is 35.7. The Balaban J connectivity index is 1.61. The average Bonchev–Trinajstić information content (AvgIpc) is 3.40. The molecular weight excluding hydrogens is 653 g/mol. The van der Waals surface area contributed by atoms with Crippen LogP contribution in [0.5, 0.6) is 0 Å². The fraction of sp³-hybridized carbons (Fsp3) is 0.930. The smallest absolute Gasteiger partial charge is 0.192 e. The number of ketones is 1. The van der Waals surface area contributed by atoms with Crippen molar-refractivity contribution in [3.8, 4) is 0 Å². The molecule has 1 heterocycles. The highest BCUT2D eigenvalue weighted by Crippen LogP contribution is 2.70. The minimum absolute atomic E-state index is 0.00343. The lowest BCUT2D eigenvalue weighted by Crippen LogP contribution is -2.68. The monoisotopic (exact) mass is 731 g/mol. The third kappa shape index (κ3) is 7.02. The number of rotatable bonds is 8. The first-order valence-corrected chi connectivity index (χ1v) is 26.3. The van der Waals surface area contributed by atoms with E-state index in [1.54, 1.807) is 0 Å². The second kappa shape index (κ2) is 13.2. The molecule has 5 aliphatic rings. The Morgan fingerprint density at radius 3 is 1.92 bits per heavy atom. The fourth-order valence-corrected chi connectivity index (χ4v) is 13.8. The van der Waals surface area contributed by atoms with Crippen LogP contribution >= 0.6 is 0 Å². The molecule has 0 N–H and O–H groups in total. The van der Waals surface area contributed by atoms with Crippen LogP contribution in [0.2, 0.25) is 36.3 Å². The number of fused-ring (bicyclic) bond motifs is 8. The Hall–Kier alpha value is -0.316. The number of carbonyl (C=O) groups is 1. The van der Waals surface area contributed by atoms with Gasteiger partial charge in [-0.3, -0.25) is 4.79 Å². The molecule has 4 aliphatic carbocycles. The van der Waals surface area contributed by atoms with Crippen LogP contribution in [0.1, 0.15) is 129 Å². The molecule has 0 spiro atoms. The van der Waals surface area contributed by atoms with E-state index in [9.17, 15) is 4.79 Å². The first-order valence-electron chi connectivity index (χ1n) is 20.5. The molecule has 0 bridgehead atoms. The second-order valence-corrected chi connectivity index (χ2v) is 31.8. The number of Topliss-reactive ketones (excluding diaryl/α,β-unsaturated/α-hetero) is 1. The molecule has 1 saturated heterocycles. The Morgan fingerprint density at radius 2 is 1.36 bits per heavy atom. The third-order valence-corrected chi connectivity index (χ3v) is 25.2. The summed E-state index contributed by atoms with van der Waals surface area (Å²) in [5, 5.41) is 0.263. The quantitative estimate of drug-likeness (QED) is 0.184. The Morgan fingerprint density at radius 1 is 0.800 bits per heavy atom. The molecular formula is C43H78O5Si2. The molecule has 0 amide bonds. The summed E-state index contributed by atoms with van der Waals surface area (Å²) < 4.78 is 29.1. The molecule has 5 rings (SSSR count). The normalized spacial score (nSPS) is 41.9. The van der Waals surface area contributed by atoms with Gasteiger partial charge in [0.25, 0.3) is 0 Å². The molecule has 288 valence electrons. The molecule has 7 heteroatoms. The van der Waals surface area contributed by atoms with Crippen LogP contribution in [0.3, 0.4) is 0 Å². The summed E-state index contributed by atoms with van der Waals surface area (Å²) in [6, 6.07) is 0. The zero-order valence-corrected chi connectivity index (χ0v) is 37.7. The second-order valence-electron chi connectivity index (χ2n) is 22.3. The van der Waals surface area contributed by atoms with Crippen molar-refractivity contribution >= 4 is 22.4 Å². The van der Waals surface area contributed by atoms with Crippen LogP contribution in [0.15, 0.2) is 12.2 Å². The van der Waals surface area contributed by atoms with Gasteiger partial charge in [0.15, 0.2) is 22.4 Å². The molecule has 0 radical (unpaired) electrons. The fourth-order valence-electron chi connectivity index (χ4n) is 11.0. The van der Waals surface area contributed by atoms with Crippen LogP contribution in [0.25, 0.3) is 0 Å². The molecule has 5 fully saturated rings. The number of allylic oxidation sites excluding steroid dienone is 2. The molecule has 5 nitrogen and oxygen atoms in total. The predicted molar refractivity (Wildman–Crippen MR) is 212 cm³/mol. The first kappa shape index (κ1) is 40.9. The number of carbonyl (C=O) groups excluding carboxylic acids is 1. The Labute approximate surface area is 310 Å². The maximum Gasteiger partial charge on any atom is 0.192 e. The number of hydrogen-bond donors (Lipinski definition) is 0. The molecule has 50 heavy (non-hydrogen) atoms. The summed E-state index contributed by atoms with van der Waals surface area (Å²) in [6.45, 7) is 42.3. The highest BCUT2D eigenvalue weighted by Gasteiger charge is 2.72. The van der Waals surface area contributed by atoms with Crippen molar-refractivity contribution in [2.24, 2.45) is 58.2 Å². The summed E-state index contributed by atoms with van der Waals surface area (Å²) in [7, 11) is -4.11. The van der Waals surface area contributed by atoms with Gasteiger partial charge < -0.3 is 18.3 Å². The lowest BCUT2D eigenvalue weighted by atomic mass is 9.42. The van der Waals surface area contributed by atoms with Crippen molar-refractivity contribution in [2.45, 2.75) is 196 Å². The van der Waals surface area contributed by atoms with E-state index in [1.807, 2.05) is 0 Å². The van der Waals surface area contributed by atoms with Gasteiger partial charge in [0.05, 0.1) is 12.2 Å². The van der Waals surface area contributed by atoms with Gasteiger partial charge in [0.2, 0.25) is 0 Å².